The van der Waals surface area contributed by atoms with Crippen molar-refractivity contribution in [3.05, 3.63) is 0 Å². The Morgan fingerprint density at radius 1 is 0.893 bits per heavy atom. The van der Waals surface area contributed by atoms with Gasteiger partial charge in [-0.2, -0.15) is 0 Å². The Kier molecular flexibility index (Phi) is 5.51. The summed E-state index contributed by atoms with van der Waals surface area (Å²) >= 11 is 0. The Balaban J connectivity index is 1.49. The summed E-state index contributed by atoms with van der Waals surface area (Å²) in [5.74, 6) is 5.56. The summed E-state index contributed by atoms with van der Waals surface area (Å²) in [6.07, 6.45) is 15.0. The van der Waals surface area contributed by atoms with Crippen LogP contribution in [0, 0.1) is 51.8 Å². The van der Waals surface area contributed by atoms with Crippen LogP contribution in [0.15, 0.2) is 0 Å². The molecule has 0 aromatic rings. The van der Waals surface area contributed by atoms with Crippen molar-refractivity contribution in [3.63, 3.8) is 0 Å². The maximum absolute atomic E-state index is 10.3. The third kappa shape index (κ3) is 3.50. The lowest BCUT2D eigenvalue weighted by Crippen LogP contribution is -2.54. The predicted molar refractivity (Wildman–Crippen MR) is 119 cm³/mol. The van der Waals surface area contributed by atoms with Gasteiger partial charge in [-0.15, -0.1) is 0 Å². The van der Waals surface area contributed by atoms with Crippen molar-refractivity contribution in [2.75, 3.05) is 0 Å². The van der Waals surface area contributed by atoms with Crippen molar-refractivity contribution in [2.45, 2.75) is 118 Å². The molecule has 0 aromatic carbocycles. The minimum atomic E-state index is -0.0111. The second kappa shape index (κ2) is 7.28. The van der Waals surface area contributed by atoms with Crippen LogP contribution in [0.5, 0.6) is 0 Å². The maximum Gasteiger partial charge on any atom is 0.0543 e. The molecule has 0 aliphatic heterocycles. The van der Waals surface area contributed by atoms with Gasteiger partial charge in [0.05, 0.1) is 6.10 Å². The highest BCUT2D eigenvalue weighted by Crippen LogP contribution is 2.68. The lowest BCUT2D eigenvalue weighted by atomic mass is 9.44. The summed E-state index contributed by atoms with van der Waals surface area (Å²) in [4.78, 5) is 0. The fourth-order valence-corrected chi connectivity index (χ4v) is 9.07. The van der Waals surface area contributed by atoms with Gasteiger partial charge in [-0.05, 0) is 122 Å². The van der Waals surface area contributed by atoms with E-state index in [4.69, 9.17) is 0 Å². The standard InChI is InChI=1S/C27H48O/c1-18(11-14-25(2,3)4)22-9-10-23-21-8-7-19-17-20(28)12-15-26(19,5)24(21)13-16-27(22,23)6/h18-24,28H,7-17H2,1-6H3/t18-,19+,20+,21+,22-,23+,24+,26+,27-/m1/s1. The van der Waals surface area contributed by atoms with E-state index in [1.165, 1.54) is 57.8 Å². The molecule has 0 amide bonds. The molecule has 0 spiro atoms. The Hall–Kier alpha value is -0.0400. The van der Waals surface area contributed by atoms with E-state index in [2.05, 4.69) is 41.5 Å². The average molecular weight is 389 g/mol. The molecule has 9 atom stereocenters. The first-order chi connectivity index (χ1) is 13.0. The van der Waals surface area contributed by atoms with E-state index in [0.29, 0.717) is 16.2 Å². The number of aliphatic hydroxyl groups excluding tert-OH is 1. The van der Waals surface area contributed by atoms with Gasteiger partial charge in [0.15, 0.2) is 0 Å². The number of rotatable bonds is 3. The molecule has 1 N–H and O–H groups in total. The van der Waals surface area contributed by atoms with E-state index in [9.17, 15) is 5.11 Å². The van der Waals surface area contributed by atoms with E-state index >= 15 is 0 Å². The van der Waals surface area contributed by atoms with Crippen molar-refractivity contribution in [1.29, 1.82) is 0 Å². The molecule has 0 saturated heterocycles. The summed E-state index contributed by atoms with van der Waals surface area (Å²) in [5, 5.41) is 10.3. The Morgan fingerprint density at radius 2 is 1.57 bits per heavy atom. The molecule has 4 aliphatic rings. The van der Waals surface area contributed by atoms with Crippen molar-refractivity contribution < 1.29 is 5.11 Å². The van der Waals surface area contributed by atoms with Gasteiger partial charge in [0.25, 0.3) is 0 Å². The highest BCUT2D eigenvalue weighted by molar-refractivity contribution is 5.09. The third-order valence-corrected chi connectivity index (χ3v) is 10.7. The molecule has 4 fully saturated rings. The van der Waals surface area contributed by atoms with Crippen LogP contribution in [0.3, 0.4) is 0 Å². The van der Waals surface area contributed by atoms with Gasteiger partial charge in [-0.25, -0.2) is 0 Å². The molecule has 0 heterocycles. The monoisotopic (exact) mass is 388 g/mol. The van der Waals surface area contributed by atoms with Gasteiger partial charge in [0.1, 0.15) is 0 Å². The van der Waals surface area contributed by atoms with Crippen molar-refractivity contribution in [3.8, 4) is 0 Å². The van der Waals surface area contributed by atoms with Gasteiger partial charge in [0, 0.05) is 0 Å². The largest absolute Gasteiger partial charge is 0.393 e. The van der Waals surface area contributed by atoms with E-state index in [0.717, 1.165) is 48.3 Å². The smallest absolute Gasteiger partial charge is 0.0543 e. The number of fused-ring (bicyclic) bond motifs is 5. The number of aliphatic hydroxyl groups is 1. The van der Waals surface area contributed by atoms with Crippen LogP contribution in [0.25, 0.3) is 0 Å². The van der Waals surface area contributed by atoms with Gasteiger partial charge < -0.3 is 5.11 Å². The molecule has 1 nitrogen and oxygen atoms in total. The molecule has 28 heavy (non-hydrogen) atoms. The van der Waals surface area contributed by atoms with E-state index in [1.807, 2.05) is 0 Å². The fourth-order valence-electron chi connectivity index (χ4n) is 9.07. The second-order valence-electron chi connectivity index (χ2n) is 13.4. The molecule has 162 valence electrons. The van der Waals surface area contributed by atoms with Gasteiger partial charge in [-0.3, -0.25) is 0 Å². The Bertz CT molecular complexity index is 561. The minimum Gasteiger partial charge on any atom is -0.393 e. The van der Waals surface area contributed by atoms with E-state index in [-0.39, 0.29) is 6.10 Å². The third-order valence-electron chi connectivity index (χ3n) is 10.7. The molecular formula is C27H48O. The normalized spacial score (nSPS) is 49.8. The molecule has 0 radical (unpaired) electrons. The van der Waals surface area contributed by atoms with Crippen molar-refractivity contribution >= 4 is 0 Å². The highest BCUT2D eigenvalue weighted by Gasteiger charge is 2.60. The van der Waals surface area contributed by atoms with Crippen molar-refractivity contribution in [1.82, 2.24) is 0 Å². The molecule has 4 aliphatic carbocycles. The first kappa shape index (κ1) is 21.2. The predicted octanol–water partition coefficient (Wildman–Crippen LogP) is 7.47. The van der Waals surface area contributed by atoms with Crippen LogP contribution in [-0.2, 0) is 0 Å². The fraction of sp³-hybridized carbons (Fsp3) is 1.00. The zero-order valence-electron chi connectivity index (χ0n) is 19.8. The van der Waals surface area contributed by atoms with E-state index < -0.39 is 0 Å². The molecule has 4 rings (SSSR count). The Labute approximate surface area is 175 Å². The summed E-state index contributed by atoms with van der Waals surface area (Å²) in [6.45, 7) is 15.1. The van der Waals surface area contributed by atoms with Crippen LogP contribution in [-0.4, -0.2) is 11.2 Å². The Morgan fingerprint density at radius 3 is 2.29 bits per heavy atom. The van der Waals surface area contributed by atoms with Gasteiger partial charge in [0.2, 0.25) is 0 Å². The average Bonchev–Trinajstić information content (AvgIpc) is 2.97. The SMILES string of the molecule is C[C@H](CCC(C)(C)C)[C@H]1CC[C@H]2[C@@H]3CC[C@H]4C[C@@H](O)CC[C@]4(C)[C@H]3CC[C@]12C. The molecule has 0 unspecified atom stereocenters. The summed E-state index contributed by atoms with van der Waals surface area (Å²) < 4.78 is 0. The van der Waals surface area contributed by atoms with Crippen molar-refractivity contribution in [2.24, 2.45) is 51.8 Å². The molecule has 4 saturated carbocycles. The van der Waals surface area contributed by atoms with Gasteiger partial charge >= 0.3 is 0 Å². The first-order valence-corrected chi connectivity index (χ1v) is 12.7. The van der Waals surface area contributed by atoms with Gasteiger partial charge in [-0.1, -0.05) is 41.5 Å². The number of hydrogen-bond acceptors (Lipinski definition) is 1. The zero-order valence-corrected chi connectivity index (χ0v) is 19.8. The van der Waals surface area contributed by atoms with Crippen LogP contribution in [0.2, 0.25) is 0 Å². The first-order valence-electron chi connectivity index (χ1n) is 12.7. The lowest BCUT2D eigenvalue weighted by Gasteiger charge is -2.61. The van der Waals surface area contributed by atoms with Crippen LogP contribution in [0.1, 0.15) is 112 Å². The second-order valence-corrected chi connectivity index (χ2v) is 13.4. The molecule has 0 aromatic heterocycles. The quantitative estimate of drug-likeness (QED) is 0.531. The molecular weight excluding hydrogens is 340 g/mol. The van der Waals surface area contributed by atoms with Crippen LogP contribution in [0.4, 0.5) is 0 Å². The topological polar surface area (TPSA) is 20.2 Å². The maximum atomic E-state index is 10.3. The molecule has 1 heteroatoms. The van der Waals surface area contributed by atoms with E-state index in [1.54, 1.807) is 0 Å². The summed E-state index contributed by atoms with van der Waals surface area (Å²) in [6, 6.07) is 0. The zero-order chi connectivity index (χ0) is 20.3. The number of hydrogen-bond donors (Lipinski definition) is 1. The summed E-state index contributed by atoms with van der Waals surface area (Å²) in [7, 11) is 0. The lowest BCUT2D eigenvalue weighted by molar-refractivity contribution is -0.129. The van der Waals surface area contributed by atoms with Crippen LogP contribution < -0.4 is 0 Å². The summed E-state index contributed by atoms with van der Waals surface area (Å²) in [5.41, 5.74) is 1.61. The highest BCUT2D eigenvalue weighted by atomic mass is 16.3. The van der Waals surface area contributed by atoms with Crippen LogP contribution >= 0.6 is 0 Å². The molecule has 0 bridgehead atoms. The minimum absolute atomic E-state index is 0.0111.